The van der Waals surface area contributed by atoms with Crippen LogP contribution in [0.25, 0.3) is 22.3 Å². The largest absolute Gasteiger partial charge is 0.494 e. The van der Waals surface area contributed by atoms with Crippen molar-refractivity contribution >= 4 is 12.6 Å². The molecule has 0 atom stereocenters. The summed E-state index contributed by atoms with van der Waals surface area (Å²) in [6.07, 6.45) is 7.09. The molecule has 0 N–H and O–H groups in total. The highest BCUT2D eigenvalue weighted by atomic mass is 16.7. The molecule has 1 aliphatic rings. The maximum atomic E-state index is 6.46. The molecule has 3 heteroatoms. The van der Waals surface area contributed by atoms with Crippen molar-refractivity contribution in [3.63, 3.8) is 0 Å². The van der Waals surface area contributed by atoms with Gasteiger partial charge in [-0.1, -0.05) is 87.4 Å². The molecule has 0 spiro atoms. The molecule has 0 unspecified atom stereocenters. The molecule has 2 nitrogen and oxygen atoms in total. The zero-order valence-electron chi connectivity index (χ0n) is 22.5. The molecule has 1 aliphatic heterocycles. The van der Waals surface area contributed by atoms with E-state index < -0.39 is 0 Å². The van der Waals surface area contributed by atoms with E-state index in [-0.39, 0.29) is 18.3 Å². The summed E-state index contributed by atoms with van der Waals surface area (Å²) in [5.74, 6) is 0. The molecule has 0 aromatic heterocycles. The van der Waals surface area contributed by atoms with Gasteiger partial charge in [0.25, 0.3) is 0 Å². The summed E-state index contributed by atoms with van der Waals surface area (Å²) in [6, 6.07) is 24.8. The van der Waals surface area contributed by atoms with Crippen molar-refractivity contribution in [1.29, 1.82) is 0 Å². The van der Waals surface area contributed by atoms with E-state index in [0.717, 1.165) is 18.3 Å². The smallest absolute Gasteiger partial charge is 0.399 e. The second-order valence-corrected chi connectivity index (χ2v) is 11.0. The van der Waals surface area contributed by atoms with Crippen LogP contribution in [0.1, 0.15) is 78.4 Å². The van der Waals surface area contributed by atoms with E-state index in [1.807, 2.05) is 0 Å². The lowest BCUT2D eigenvalue weighted by atomic mass is 9.76. The molecule has 35 heavy (non-hydrogen) atoms. The van der Waals surface area contributed by atoms with Crippen LogP contribution in [-0.2, 0) is 22.2 Å². The van der Waals surface area contributed by atoms with E-state index in [1.54, 1.807) is 0 Å². The molecule has 1 heterocycles. The average Bonchev–Trinajstić information content (AvgIpc) is 3.08. The van der Waals surface area contributed by atoms with Gasteiger partial charge < -0.3 is 9.31 Å². The first kappa shape index (κ1) is 25.7. The predicted molar refractivity (Wildman–Crippen MR) is 150 cm³/mol. The molecule has 0 amide bonds. The normalized spacial score (nSPS) is 16.6. The minimum Gasteiger partial charge on any atom is -0.399 e. The second kappa shape index (κ2) is 10.7. The highest BCUT2D eigenvalue weighted by molar-refractivity contribution is 6.62. The molecule has 184 valence electrons. The fraction of sp³-hybridized carbons (Fsp3) is 0.438. The van der Waals surface area contributed by atoms with Gasteiger partial charge in [-0.3, -0.25) is 0 Å². The van der Waals surface area contributed by atoms with Crippen LogP contribution in [-0.4, -0.2) is 18.3 Å². The summed E-state index contributed by atoms with van der Waals surface area (Å²) in [7, 11) is -0.384. The van der Waals surface area contributed by atoms with Gasteiger partial charge in [0.2, 0.25) is 0 Å². The molecular formula is C32H41BO2. The summed E-state index contributed by atoms with van der Waals surface area (Å²) in [4.78, 5) is 0. The lowest BCUT2D eigenvalue weighted by Crippen LogP contribution is -2.41. The Morgan fingerprint density at radius 1 is 0.600 bits per heavy atom. The highest BCUT2D eigenvalue weighted by Crippen LogP contribution is 2.37. The van der Waals surface area contributed by atoms with E-state index in [2.05, 4.69) is 108 Å². The first-order valence-corrected chi connectivity index (χ1v) is 13.4. The van der Waals surface area contributed by atoms with Crippen LogP contribution in [0.5, 0.6) is 0 Å². The Morgan fingerprint density at radius 2 is 1.06 bits per heavy atom. The maximum absolute atomic E-state index is 6.46. The van der Waals surface area contributed by atoms with Crippen LogP contribution in [0.3, 0.4) is 0 Å². The number of hydrogen-bond acceptors (Lipinski definition) is 2. The van der Waals surface area contributed by atoms with Gasteiger partial charge in [0.05, 0.1) is 11.2 Å². The SMILES string of the molecule is CCCCc1cccc(-c2cc(B3OC(C)(C)C(C)(C)O3)cc(-c3cccc(CCCC)c3)c2)c1. The number of aryl methyl sites for hydroxylation is 2. The number of unbranched alkanes of at least 4 members (excludes halogenated alkanes) is 2. The first-order valence-electron chi connectivity index (χ1n) is 13.4. The molecule has 3 aromatic carbocycles. The number of benzene rings is 3. The van der Waals surface area contributed by atoms with Crippen molar-refractivity contribution in [2.24, 2.45) is 0 Å². The van der Waals surface area contributed by atoms with Crippen molar-refractivity contribution in [3.05, 3.63) is 77.9 Å². The van der Waals surface area contributed by atoms with Gasteiger partial charge in [0, 0.05) is 0 Å². The summed E-state index contributed by atoms with van der Waals surface area (Å²) >= 11 is 0. The van der Waals surface area contributed by atoms with Crippen LogP contribution < -0.4 is 5.46 Å². The van der Waals surface area contributed by atoms with E-state index in [0.29, 0.717) is 0 Å². The molecule has 1 saturated heterocycles. The molecule has 0 bridgehead atoms. The Kier molecular flexibility index (Phi) is 7.88. The molecule has 3 aromatic rings. The highest BCUT2D eigenvalue weighted by Gasteiger charge is 2.51. The van der Waals surface area contributed by atoms with E-state index in [1.165, 1.54) is 59.1 Å². The summed E-state index contributed by atoms with van der Waals surface area (Å²) in [5, 5.41) is 0. The van der Waals surface area contributed by atoms with E-state index >= 15 is 0 Å². The van der Waals surface area contributed by atoms with Crippen molar-refractivity contribution < 1.29 is 9.31 Å². The van der Waals surface area contributed by atoms with Gasteiger partial charge in [0.15, 0.2) is 0 Å². The van der Waals surface area contributed by atoms with Crippen molar-refractivity contribution in [3.8, 4) is 22.3 Å². The fourth-order valence-electron chi connectivity index (χ4n) is 4.67. The zero-order chi connectivity index (χ0) is 25.1. The van der Waals surface area contributed by atoms with Crippen molar-refractivity contribution in [2.45, 2.75) is 91.3 Å². The Bertz CT molecular complexity index is 1060. The van der Waals surface area contributed by atoms with Gasteiger partial charge in [-0.05, 0) is 98.3 Å². The molecule has 0 saturated carbocycles. The van der Waals surface area contributed by atoms with Crippen molar-refractivity contribution in [1.82, 2.24) is 0 Å². The van der Waals surface area contributed by atoms with Crippen LogP contribution in [0, 0.1) is 0 Å². The monoisotopic (exact) mass is 468 g/mol. The average molecular weight is 468 g/mol. The zero-order valence-corrected chi connectivity index (χ0v) is 22.5. The third kappa shape index (κ3) is 5.90. The summed E-state index contributed by atoms with van der Waals surface area (Å²) < 4.78 is 12.9. The van der Waals surface area contributed by atoms with Gasteiger partial charge in [-0.25, -0.2) is 0 Å². The fourth-order valence-corrected chi connectivity index (χ4v) is 4.67. The molecule has 0 aliphatic carbocycles. The Labute approximate surface area is 213 Å². The lowest BCUT2D eigenvalue weighted by Gasteiger charge is -2.32. The minimum absolute atomic E-state index is 0.367. The summed E-state index contributed by atoms with van der Waals surface area (Å²) in [6.45, 7) is 13.0. The number of hydrogen-bond donors (Lipinski definition) is 0. The Hall–Kier alpha value is -2.36. The van der Waals surface area contributed by atoms with Crippen molar-refractivity contribution in [2.75, 3.05) is 0 Å². The molecule has 1 fully saturated rings. The molecule has 0 radical (unpaired) electrons. The molecular weight excluding hydrogens is 427 g/mol. The van der Waals surface area contributed by atoms with Crippen LogP contribution >= 0.6 is 0 Å². The topological polar surface area (TPSA) is 18.5 Å². The Balaban J connectivity index is 1.78. The second-order valence-electron chi connectivity index (χ2n) is 11.0. The number of rotatable bonds is 9. The van der Waals surface area contributed by atoms with Crippen LogP contribution in [0.15, 0.2) is 66.7 Å². The quantitative estimate of drug-likeness (QED) is 0.296. The predicted octanol–water partition coefficient (Wildman–Crippen LogP) is 8.01. The lowest BCUT2D eigenvalue weighted by molar-refractivity contribution is 0.00578. The van der Waals surface area contributed by atoms with Gasteiger partial charge >= 0.3 is 7.12 Å². The van der Waals surface area contributed by atoms with Crippen LogP contribution in [0.4, 0.5) is 0 Å². The van der Waals surface area contributed by atoms with Gasteiger partial charge in [-0.2, -0.15) is 0 Å². The Morgan fingerprint density at radius 3 is 1.49 bits per heavy atom. The first-order chi connectivity index (χ1) is 16.7. The minimum atomic E-state index is -0.384. The van der Waals surface area contributed by atoms with Crippen LogP contribution in [0.2, 0.25) is 0 Å². The van der Waals surface area contributed by atoms with Gasteiger partial charge in [0.1, 0.15) is 0 Å². The summed E-state index contributed by atoms with van der Waals surface area (Å²) in [5.41, 5.74) is 8.06. The molecule has 4 rings (SSSR count). The van der Waals surface area contributed by atoms with E-state index in [4.69, 9.17) is 9.31 Å². The standard InChI is InChI=1S/C32H41BO2/c1-7-9-13-24-15-11-17-26(19-24)28-21-29(27-18-12-16-25(20-27)14-10-8-2)23-30(22-28)33-34-31(3,4)32(5,6)35-33/h11-12,15-23H,7-10,13-14H2,1-6H3. The van der Waals surface area contributed by atoms with Gasteiger partial charge in [-0.15, -0.1) is 0 Å². The third-order valence-electron chi connectivity index (χ3n) is 7.64. The van der Waals surface area contributed by atoms with E-state index in [9.17, 15) is 0 Å². The maximum Gasteiger partial charge on any atom is 0.494 e. The third-order valence-corrected chi connectivity index (χ3v) is 7.64.